The van der Waals surface area contributed by atoms with Gasteiger partial charge in [0, 0.05) is 17.6 Å². The molecular weight excluding hydrogens is 876 g/mol. The van der Waals surface area contributed by atoms with Crippen molar-refractivity contribution in [2.75, 3.05) is 0 Å². The van der Waals surface area contributed by atoms with E-state index < -0.39 is 17.4 Å². The molecule has 0 unspecified atom stereocenters. The summed E-state index contributed by atoms with van der Waals surface area (Å²) < 4.78 is 14.0. The van der Waals surface area contributed by atoms with Crippen LogP contribution < -0.4 is 9.47 Å². The van der Waals surface area contributed by atoms with E-state index in [0.717, 1.165) is 43.8 Å². The summed E-state index contributed by atoms with van der Waals surface area (Å²) in [6.07, 6.45) is 6.40. The van der Waals surface area contributed by atoms with Gasteiger partial charge in [0.1, 0.15) is 0 Å². The molecule has 0 radical (unpaired) electrons. The van der Waals surface area contributed by atoms with Crippen LogP contribution in [0.1, 0.15) is 36.1 Å². The van der Waals surface area contributed by atoms with Gasteiger partial charge in [0.15, 0.2) is 11.5 Å². The maximum absolute atomic E-state index is 12.9. The molecule has 8 heteroatoms. The molecule has 4 nitrogen and oxygen atoms in total. The maximum atomic E-state index is 12.9. The molecule has 0 aliphatic heterocycles. The fourth-order valence-electron chi connectivity index (χ4n) is 5.58. The molecule has 0 atom stereocenters. The molecule has 49 heavy (non-hydrogen) atoms. The highest BCUT2D eigenvalue weighted by molar-refractivity contribution is 9.11. The second-order valence-electron chi connectivity index (χ2n) is 11.8. The molecule has 0 spiro atoms. The van der Waals surface area contributed by atoms with Crippen molar-refractivity contribution in [3.05, 3.63) is 161 Å². The van der Waals surface area contributed by atoms with E-state index in [4.69, 9.17) is 9.47 Å². The normalized spacial score (nSPS) is 11.9. The van der Waals surface area contributed by atoms with E-state index in [0.29, 0.717) is 29.4 Å². The predicted molar refractivity (Wildman–Crippen MR) is 213 cm³/mol. The van der Waals surface area contributed by atoms with Gasteiger partial charge in [-0.05, 0) is 144 Å². The van der Waals surface area contributed by atoms with Crippen LogP contribution in [0, 0.1) is 0 Å². The molecule has 244 valence electrons. The molecule has 0 N–H and O–H groups in total. The van der Waals surface area contributed by atoms with Gasteiger partial charge < -0.3 is 9.47 Å². The molecule has 0 aromatic heterocycles. The van der Waals surface area contributed by atoms with Gasteiger partial charge in [0.25, 0.3) is 0 Å². The second kappa shape index (κ2) is 15.0. The number of rotatable bonds is 8. The van der Waals surface area contributed by atoms with Gasteiger partial charge in [0.2, 0.25) is 0 Å². The highest BCUT2D eigenvalue weighted by Crippen LogP contribution is 2.44. The quantitative estimate of drug-likeness (QED) is 0.0867. The number of halogens is 4. The van der Waals surface area contributed by atoms with Crippen LogP contribution in [0.4, 0.5) is 0 Å². The number of ether oxygens (including phenoxy) is 2. The second-order valence-corrected chi connectivity index (χ2v) is 15.2. The summed E-state index contributed by atoms with van der Waals surface area (Å²) in [5.74, 6) is -0.223. The Morgan fingerprint density at radius 3 is 1.27 bits per heavy atom. The van der Waals surface area contributed by atoms with E-state index in [9.17, 15) is 9.59 Å². The van der Waals surface area contributed by atoms with E-state index >= 15 is 0 Å². The van der Waals surface area contributed by atoms with Gasteiger partial charge in [0.05, 0.1) is 17.9 Å². The van der Waals surface area contributed by atoms with Crippen LogP contribution in [0.25, 0.3) is 33.7 Å². The first kappa shape index (κ1) is 35.0. The lowest BCUT2D eigenvalue weighted by Gasteiger charge is -2.28. The van der Waals surface area contributed by atoms with Crippen molar-refractivity contribution < 1.29 is 19.1 Å². The Labute approximate surface area is 318 Å². The van der Waals surface area contributed by atoms with Crippen LogP contribution in [-0.4, -0.2) is 11.9 Å². The van der Waals surface area contributed by atoms with Crippen molar-refractivity contribution in [1.29, 1.82) is 0 Å². The van der Waals surface area contributed by atoms with Gasteiger partial charge in [-0.3, -0.25) is 0 Å². The van der Waals surface area contributed by atoms with Crippen LogP contribution >= 0.6 is 63.7 Å². The molecular formula is C41H28Br4O4. The zero-order chi connectivity index (χ0) is 34.7. The van der Waals surface area contributed by atoms with Gasteiger partial charge in [-0.2, -0.15) is 0 Å². The Kier molecular flexibility index (Phi) is 10.7. The topological polar surface area (TPSA) is 52.6 Å². The molecule has 0 bridgehead atoms. The van der Waals surface area contributed by atoms with E-state index in [-0.39, 0.29) is 0 Å². The zero-order valence-electron chi connectivity index (χ0n) is 26.3. The highest BCUT2D eigenvalue weighted by Gasteiger charge is 2.28. The lowest BCUT2D eigenvalue weighted by molar-refractivity contribution is -0.129. The Bertz CT molecular complexity index is 2090. The van der Waals surface area contributed by atoms with Crippen LogP contribution in [0.15, 0.2) is 139 Å². The molecule has 0 heterocycles. The minimum Gasteiger partial charge on any atom is -0.421 e. The van der Waals surface area contributed by atoms with Crippen molar-refractivity contribution >= 4 is 109 Å². The molecule has 6 rings (SSSR count). The maximum Gasteiger partial charge on any atom is 0.336 e. The first-order valence-corrected chi connectivity index (χ1v) is 18.4. The summed E-state index contributed by atoms with van der Waals surface area (Å²) >= 11 is 14.5. The summed E-state index contributed by atoms with van der Waals surface area (Å²) in [4.78, 5) is 25.8. The van der Waals surface area contributed by atoms with E-state index in [1.807, 2.05) is 109 Å². The Hall–Kier alpha value is -3.82. The smallest absolute Gasteiger partial charge is 0.336 e. The molecule has 0 saturated carbocycles. The summed E-state index contributed by atoms with van der Waals surface area (Å²) in [7, 11) is 0. The van der Waals surface area contributed by atoms with Gasteiger partial charge in [-0.15, -0.1) is 0 Å². The largest absolute Gasteiger partial charge is 0.421 e. The molecule has 0 aliphatic rings. The predicted octanol–water partition coefficient (Wildman–Crippen LogP) is 12.6. The molecule has 0 aliphatic carbocycles. The summed E-state index contributed by atoms with van der Waals surface area (Å²) in [5, 5.41) is 4.31. The van der Waals surface area contributed by atoms with Crippen LogP contribution in [0.2, 0.25) is 0 Å². The average Bonchev–Trinajstić information content (AvgIpc) is 3.09. The monoisotopic (exact) mass is 900 g/mol. The van der Waals surface area contributed by atoms with Crippen molar-refractivity contribution in [3.8, 4) is 11.5 Å². The van der Waals surface area contributed by atoms with E-state index in [2.05, 4.69) is 77.6 Å². The number of hydrogen-bond donors (Lipinski definition) is 0. The van der Waals surface area contributed by atoms with Gasteiger partial charge >= 0.3 is 11.9 Å². The van der Waals surface area contributed by atoms with Crippen LogP contribution in [-0.2, 0) is 15.0 Å². The zero-order valence-corrected chi connectivity index (χ0v) is 32.7. The molecule has 6 aromatic rings. The minimum atomic E-state index is -0.496. The number of esters is 2. The third-order valence-electron chi connectivity index (χ3n) is 8.29. The number of fused-ring (bicyclic) bond motifs is 2. The SMILES string of the molecule is CC(C)(c1cc(Br)c(OC(=O)C=Cc2cccc3ccccc23)c(Br)c1)c1cc(Br)c(OC(=O)C=Cc2cccc3ccccc23)c(Br)c1. The first-order chi connectivity index (χ1) is 23.5. The van der Waals surface area contributed by atoms with E-state index in [1.54, 1.807) is 12.2 Å². The highest BCUT2D eigenvalue weighted by atomic mass is 79.9. The summed E-state index contributed by atoms with van der Waals surface area (Å²) in [6.45, 7) is 4.18. The summed E-state index contributed by atoms with van der Waals surface area (Å²) in [5.41, 5.74) is 3.28. The first-order valence-electron chi connectivity index (χ1n) is 15.3. The lowest BCUT2D eigenvalue weighted by Crippen LogP contribution is -2.20. The molecule has 0 amide bonds. The summed E-state index contributed by atoms with van der Waals surface area (Å²) in [6, 6.07) is 35.7. The van der Waals surface area contributed by atoms with Crippen LogP contribution in [0.3, 0.4) is 0 Å². The molecule has 6 aromatic carbocycles. The third kappa shape index (κ3) is 7.83. The fourth-order valence-corrected chi connectivity index (χ4v) is 8.28. The third-order valence-corrected chi connectivity index (χ3v) is 10.6. The van der Waals surface area contributed by atoms with Gasteiger partial charge in [-0.1, -0.05) is 98.8 Å². The van der Waals surface area contributed by atoms with Crippen molar-refractivity contribution in [2.45, 2.75) is 19.3 Å². The van der Waals surface area contributed by atoms with Gasteiger partial charge in [-0.25, -0.2) is 9.59 Å². The average molecular weight is 904 g/mol. The van der Waals surface area contributed by atoms with Crippen molar-refractivity contribution in [3.63, 3.8) is 0 Å². The van der Waals surface area contributed by atoms with Crippen LogP contribution in [0.5, 0.6) is 11.5 Å². The van der Waals surface area contributed by atoms with Crippen molar-refractivity contribution in [1.82, 2.24) is 0 Å². The number of carbonyl (C=O) groups excluding carboxylic acids is 2. The Morgan fingerprint density at radius 1 is 0.531 bits per heavy atom. The minimum absolute atomic E-state index is 0.383. The number of hydrogen-bond acceptors (Lipinski definition) is 4. The van der Waals surface area contributed by atoms with E-state index in [1.165, 1.54) is 12.2 Å². The standard InChI is InChI=1S/C41H28Br4O4/c1-41(2,29-21-33(42)39(34(43)22-29)48-37(46)19-17-27-13-7-11-25-9-3-5-15-31(25)27)30-23-35(44)40(36(45)24-30)49-38(47)20-18-28-14-8-12-26-10-4-6-16-32(26)28/h3-24H,1-2H3. The Morgan fingerprint density at radius 2 is 0.878 bits per heavy atom. The Balaban J connectivity index is 1.18. The molecule has 0 fully saturated rings. The number of benzene rings is 6. The number of carbonyl (C=O) groups is 2. The molecule has 0 saturated heterocycles. The fraction of sp³-hybridized carbons (Fsp3) is 0.0732. The van der Waals surface area contributed by atoms with Crippen molar-refractivity contribution in [2.24, 2.45) is 0 Å². The lowest BCUT2D eigenvalue weighted by atomic mass is 9.78.